The van der Waals surface area contributed by atoms with Gasteiger partial charge in [-0.15, -0.1) is 0 Å². The van der Waals surface area contributed by atoms with Gasteiger partial charge in [-0.1, -0.05) is 24.3 Å². The number of rotatable bonds is 9. The van der Waals surface area contributed by atoms with Crippen LogP contribution in [0.1, 0.15) is 11.1 Å². The Labute approximate surface area is 218 Å². The fourth-order valence-electron chi connectivity index (χ4n) is 5.15. The lowest BCUT2D eigenvalue weighted by Crippen LogP contribution is -2.46. The molecular formula is C30H35N3O4. The van der Waals surface area contributed by atoms with Gasteiger partial charge in [0, 0.05) is 68.1 Å². The zero-order valence-corrected chi connectivity index (χ0v) is 22.1. The molecule has 5 rings (SSSR count). The molecule has 1 fully saturated rings. The summed E-state index contributed by atoms with van der Waals surface area (Å²) in [7, 11) is 6.68. The molecule has 0 unspecified atom stereocenters. The van der Waals surface area contributed by atoms with Gasteiger partial charge in [-0.05, 0) is 41.5 Å². The van der Waals surface area contributed by atoms with E-state index in [-0.39, 0.29) is 0 Å². The van der Waals surface area contributed by atoms with E-state index in [9.17, 15) is 0 Å². The number of ether oxygens (including phenoxy) is 4. The van der Waals surface area contributed by atoms with E-state index in [1.54, 1.807) is 28.4 Å². The summed E-state index contributed by atoms with van der Waals surface area (Å²) in [6.45, 7) is 5.68. The number of nitrogens with zero attached hydrogens (tertiary/aromatic N) is 3. The van der Waals surface area contributed by atoms with Crippen LogP contribution in [0.4, 0.5) is 5.69 Å². The van der Waals surface area contributed by atoms with Gasteiger partial charge in [0.1, 0.15) is 0 Å². The van der Waals surface area contributed by atoms with Crippen molar-refractivity contribution in [2.75, 3.05) is 59.5 Å². The maximum absolute atomic E-state index is 5.48. The summed E-state index contributed by atoms with van der Waals surface area (Å²) in [6.07, 6.45) is 4.49. The fourth-order valence-corrected chi connectivity index (χ4v) is 5.15. The van der Waals surface area contributed by atoms with E-state index in [0.717, 1.165) is 62.3 Å². The van der Waals surface area contributed by atoms with Crippen LogP contribution in [0.5, 0.6) is 23.0 Å². The predicted octanol–water partition coefficient (Wildman–Crippen LogP) is 5.05. The minimum absolute atomic E-state index is 0.747. The number of methoxy groups -OCH3 is 4. The van der Waals surface area contributed by atoms with Crippen LogP contribution in [-0.4, -0.2) is 64.1 Å². The molecule has 1 saturated heterocycles. The van der Waals surface area contributed by atoms with E-state index in [1.807, 2.05) is 18.2 Å². The van der Waals surface area contributed by atoms with E-state index in [4.69, 9.17) is 18.9 Å². The Morgan fingerprint density at radius 3 is 1.81 bits per heavy atom. The minimum atomic E-state index is 0.747. The molecule has 7 heteroatoms. The molecule has 0 radical (unpaired) electrons. The number of hydrogen-bond acceptors (Lipinski definition) is 6. The topological polar surface area (TPSA) is 48.3 Å². The Morgan fingerprint density at radius 2 is 1.22 bits per heavy atom. The molecule has 0 bridgehead atoms. The molecule has 194 valence electrons. The van der Waals surface area contributed by atoms with Crippen molar-refractivity contribution in [1.82, 2.24) is 9.47 Å². The summed E-state index contributed by atoms with van der Waals surface area (Å²) in [4.78, 5) is 5.01. The van der Waals surface area contributed by atoms with Gasteiger partial charge < -0.3 is 28.4 Å². The summed E-state index contributed by atoms with van der Waals surface area (Å²) in [5, 5.41) is 2.54. The minimum Gasteiger partial charge on any atom is -0.493 e. The highest BCUT2D eigenvalue weighted by Crippen LogP contribution is 2.32. The fraction of sp³-hybridized carbons (Fsp3) is 0.333. The van der Waals surface area contributed by atoms with Crippen LogP contribution in [0.15, 0.2) is 67.0 Å². The number of anilines is 1. The molecule has 4 aromatic rings. The van der Waals surface area contributed by atoms with Crippen LogP contribution < -0.4 is 23.8 Å². The van der Waals surface area contributed by atoms with Gasteiger partial charge in [0.05, 0.1) is 28.4 Å². The van der Waals surface area contributed by atoms with Crippen molar-refractivity contribution in [3.05, 3.63) is 78.1 Å². The SMILES string of the molecule is COc1ccc(CN2CCN(c3cccc4cn(Cc5ccc(OC)c(OC)c5)cc34)CC2)cc1OC. The van der Waals surface area contributed by atoms with Crippen LogP contribution in [0.3, 0.4) is 0 Å². The van der Waals surface area contributed by atoms with E-state index in [0.29, 0.717) is 0 Å². The second-order valence-electron chi connectivity index (χ2n) is 9.35. The van der Waals surface area contributed by atoms with Gasteiger partial charge in [-0.25, -0.2) is 0 Å². The second kappa shape index (κ2) is 11.0. The van der Waals surface area contributed by atoms with Gasteiger partial charge in [0.25, 0.3) is 0 Å². The quantitative estimate of drug-likeness (QED) is 0.320. The smallest absolute Gasteiger partial charge is 0.161 e. The Bertz CT molecular complexity index is 1360. The first-order valence-electron chi connectivity index (χ1n) is 12.6. The first kappa shape index (κ1) is 24.8. The number of hydrogen-bond donors (Lipinski definition) is 0. The molecule has 1 aliphatic rings. The normalized spacial score (nSPS) is 14.1. The van der Waals surface area contributed by atoms with Gasteiger partial charge >= 0.3 is 0 Å². The number of aromatic nitrogens is 1. The van der Waals surface area contributed by atoms with E-state index < -0.39 is 0 Å². The average molecular weight is 502 g/mol. The third-order valence-corrected chi connectivity index (χ3v) is 7.10. The van der Waals surface area contributed by atoms with Crippen molar-refractivity contribution < 1.29 is 18.9 Å². The lowest BCUT2D eigenvalue weighted by Gasteiger charge is -2.36. The van der Waals surface area contributed by atoms with Crippen molar-refractivity contribution in [1.29, 1.82) is 0 Å². The highest BCUT2D eigenvalue weighted by atomic mass is 16.5. The largest absolute Gasteiger partial charge is 0.493 e. The monoisotopic (exact) mass is 501 g/mol. The third-order valence-electron chi connectivity index (χ3n) is 7.10. The third kappa shape index (κ3) is 5.32. The van der Waals surface area contributed by atoms with E-state index >= 15 is 0 Å². The van der Waals surface area contributed by atoms with Crippen molar-refractivity contribution >= 4 is 16.5 Å². The first-order valence-corrected chi connectivity index (χ1v) is 12.6. The second-order valence-corrected chi connectivity index (χ2v) is 9.35. The molecule has 0 N–H and O–H groups in total. The van der Waals surface area contributed by atoms with E-state index in [2.05, 4.69) is 63.2 Å². The van der Waals surface area contributed by atoms with Crippen LogP contribution in [0.2, 0.25) is 0 Å². The van der Waals surface area contributed by atoms with Crippen LogP contribution >= 0.6 is 0 Å². The summed E-state index contributed by atoms with van der Waals surface area (Å²) < 4.78 is 24.0. The number of benzene rings is 3. The summed E-state index contributed by atoms with van der Waals surface area (Å²) >= 11 is 0. The Balaban J connectivity index is 1.27. The van der Waals surface area contributed by atoms with Crippen molar-refractivity contribution in [3.8, 4) is 23.0 Å². The predicted molar refractivity (Wildman–Crippen MR) is 148 cm³/mol. The van der Waals surface area contributed by atoms with Crippen LogP contribution in [-0.2, 0) is 13.1 Å². The van der Waals surface area contributed by atoms with Crippen molar-refractivity contribution in [2.24, 2.45) is 0 Å². The summed E-state index contributed by atoms with van der Waals surface area (Å²) in [6, 6.07) is 18.9. The number of piperazine rings is 1. The van der Waals surface area contributed by atoms with Crippen LogP contribution in [0.25, 0.3) is 10.8 Å². The maximum Gasteiger partial charge on any atom is 0.161 e. The molecule has 0 saturated carbocycles. The Kier molecular flexibility index (Phi) is 7.42. The van der Waals surface area contributed by atoms with Crippen molar-refractivity contribution in [2.45, 2.75) is 13.1 Å². The molecule has 1 aliphatic heterocycles. The van der Waals surface area contributed by atoms with Gasteiger partial charge in [-0.2, -0.15) is 0 Å². The molecule has 0 atom stereocenters. The molecule has 0 amide bonds. The van der Waals surface area contributed by atoms with E-state index in [1.165, 1.54) is 27.6 Å². The lowest BCUT2D eigenvalue weighted by atomic mass is 10.1. The zero-order chi connectivity index (χ0) is 25.8. The highest BCUT2D eigenvalue weighted by molar-refractivity contribution is 5.94. The Hall–Kier alpha value is -3.84. The molecule has 0 spiro atoms. The molecule has 37 heavy (non-hydrogen) atoms. The van der Waals surface area contributed by atoms with Crippen LogP contribution in [0, 0.1) is 0 Å². The lowest BCUT2D eigenvalue weighted by molar-refractivity contribution is 0.249. The highest BCUT2D eigenvalue weighted by Gasteiger charge is 2.20. The van der Waals surface area contributed by atoms with Gasteiger partial charge in [0.2, 0.25) is 0 Å². The summed E-state index contributed by atoms with van der Waals surface area (Å²) in [5.41, 5.74) is 3.71. The van der Waals surface area contributed by atoms with Gasteiger partial charge in [-0.3, -0.25) is 4.90 Å². The maximum atomic E-state index is 5.48. The molecule has 7 nitrogen and oxygen atoms in total. The first-order chi connectivity index (χ1) is 18.1. The molecule has 3 aromatic carbocycles. The molecular weight excluding hydrogens is 466 g/mol. The standard InChI is InChI=1S/C30H35N3O4/c1-34-27-10-8-22(16-29(27)36-3)18-31-12-14-33(15-13-31)26-7-5-6-24-20-32(21-25(24)26)19-23-9-11-28(35-2)30(17-23)37-4/h5-11,16-17,20-21H,12-15,18-19H2,1-4H3. The summed E-state index contributed by atoms with van der Waals surface area (Å²) in [5.74, 6) is 3.05. The zero-order valence-electron chi connectivity index (χ0n) is 22.1. The molecule has 0 aliphatic carbocycles. The average Bonchev–Trinajstić information content (AvgIpc) is 3.36. The molecule has 1 aromatic heterocycles. The number of fused-ring (bicyclic) bond motifs is 1. The van der Waals surface area contributed by atoms with Gasteiger partial charge in [0.15, 0.2) is 23.0 Å². The Morgan fingerprint density at radius 1 is 0.622 bits per heavy atom. The molecule has 2 heterocycles. The van der Waals surface area contributed by atoms with Crippen molar-refractivity contribution in [3.63, 3.8) is 0 Å².